The number of benzene rings is 1. The van der Waals surface area contributed by atoms with E-state index >= 15 is 0 Å². The highest BCUT2D eigenvalue weighted by Gasteiger charge is 2.29. The largest absolute Gasteiger partial charge is 0.344 e. The zero-order valence-electron chi connectivity index (χ0n) is 14.0. The molecule has 1 aromatic heterocycles. The van der Waals surface area contributed by atoms with Crippen LogP contribution >= 0.6 is 11.3 Å². The second-order valence-electron chi connectivity index (χ2n) is 6.14. The third kappa shape index (κ3) is 4.49. The van der Waals surface area contributed by atoms with Crippen LogP contribution in [0.3, 0.4) is 0 Å². The summed E-state index contributed by atoms with van der Waals surface area (Å²) in [4.78, 5) is 3.95. The molecule has 3 rings (SSSR count). The highest BCUT2D eigenvalue weighted by atomic mass is 32.1. The molecule has 1 aliphatic heterocycles. The smallest absolute Gasteiger partial charge is 0.251 e. The first-order valence-electron chi connectivity index (χ1n) is 8.39. The van der Waals surface area contributed by atoms with Crippen LogP contribution in [0.4, 0.5) is 18.3 Å². The van der Waals surface area contributed by atoms with Crippen LogP contribution in [0.2, 0.25) is 0 Å². The van der Waals surface area contributed by atoms with Crippen molar-refractivity contribution in [2.24, 2.45) is 0 Å². The van der Waals surface area contributed by atoms with Crippen LogP contribution < -0.4 is 4.90 Å². The summed E-state index contributed by atoms with van der Waals surface area (Å²) in [5.41, 5.74) is 0.596. The van der Waals surface area contributed by atoms with E-state index in [0.29, 0.717) is 31.6 Å². The van der Waals surface area contributed by atoms with Gasteiger partial charge in [0.15, 0.2) is 0 Å². The average Bonchev–Trinajstić information content (AvgIpc) is 3.05. The van der Waals surface area contributed by atoms with Gasteiger partial charge < -0.3 is 4.90 Å². The lowest BCUT2D eigenvalue weighted by atomic mass is 10.1. The minimum atomic E-state index is -2.31. The Balaban J connectivity index is 1.65. The van der Waals surface area contributed by atoms with E-state index in [2.05, 4.69) is 15.1 Å². The Kier molecular flexibility index (Phi) is 5.90. The minimum Gasteiger partial charge on any atom is -0.344 e. The molecule has 0 bridgehead atoms. The monoisotopic (exact) mass is 370 g/mol. The topological polar surface area (TPSA) is 32.3 Å². The number of aromatic nitrogens is 2. The molecule has 0 radical (unpaired) electrons. The second kappa shape index (κ2) is 8.14. The van der Waals surface area contributed by atoms with E-state index < -0.39 is 6.43 Å². The van der Waals surface area contributed by atoms with E-state index in [9.17, 15) is 13.2 Å². The molecule has 0 aliphatic carbocycles. The Morgan fingerprint density at radius 3 is 2.76 bits per heavy atom. The summed E-state index contributed by atoms with van der Waals surface area (Å²) in [6.07, 6.45) is -1.09. The zero-order valence-corrected chi connectivity index (χ0v) is 14.9. The predicted molar refractivity (Wildman–Crippen MR) is 93.0 cm³/mol. The molecular weight excluding hydrogens is 349 g/mol. The number of halogens is 3. The summed E-state index contributed by atoms with van der Waals surface area (Å²) in [6.45, 7) is 3.73. The first-order chi connectivity index (χ1) is 12.1. The standard InChI is InChI=1S/C17H21F3N4S/c1-2-13-10-24(8-7-23(13)11-15(19)20)17-22-21-16(25-17)9-12-5-3-4-6-14(12)18/h3-6,13,15H,2,7-11H2,1H3. The Bertz CT molecular complexity index is 694. The lowest BCUT2D eigenvalue weighted by Crippen LogP contribution is -2.54. The van der Waals surface area contributed by atoms with Crippen molar-refractivity contribution in [2.75, 3.05) is 31.1 Å². The first-order valence-corrected chi connectivity index (χ1v) is 9.21. The van der Waals surface area contributed by atoms with Gasteiger partial charge in [-0.05, 0) is 18.1 Å². The normalized spacial score (nSPS) is 18.9. The van der Waals surface area contributed by atoms with Gasteiger partial charge in [-0.2, -0.15) is 0 Å². The van der Waals surface area contributed by atoms with Gasteiger partial charge in [0, 0.05) is 32.1 Å². The molecule has 0 N–H and O–H groups in total. The number of piperazine rings is 1. The number of anilines is 1. The van der Waals surface area contributed by atoms with Crippen molar-refractivity contribution >= 4 is 16.5 Å². The van der Waals surface area contributed by atoms with Gasteiger partial charge in [-0.3, -0.25) is 4.90 Å². The third-order valence-corrected chi connectivity index (χ3v) is 5.46. The fraction of sp³-hybridized carbons (Fsp3) is 0.529. The van der Waals surface area contributed by atoms with Gasteiger partial charge in [0.05, 0.1) is 6.54 Å². The molecule has 0 spiro atoms. The molecule has 2 heterocycles. The van der Waals surface area contributed by atoms with E-state index in [1.807, 2.05) is 11.8 Å². The van der Waals surface area contributed by atoms with E-state index in [4.69, 9.17) is 0 Å². The number of alkyl halides is 2. The maximum atomic E-state index is 13.8. The molecule has 1 unspecified atom stereocenters. The predicted octanol–water partition coefficient (Wildman–Crippen LogP) is 3.43. The molecule has 2 aromatic rings. The zero-order chi connectivity index (χ0) is 17.8. The van der Waals surface area contributed by atoms with Crippen LogP contribution in [0.5, 0.6) is 0 Å². The van der Waals surface area contributed by atoms with Gasteiger partial charge in [-0.1, -0.05) is 36.5 Å². The summed E-state index contributed by atoms with van der Waals surface area (Å²) in [7, 11) is 0. The third-order valence-electron chi connectivity index (χ3n) is 4.47. The average molecular weight is 370 g/mol. The van der Waals surface area contributed by atoms with Crippen LogP contribution in [-0.2, 0) is 6.42 Å². The minimum absolute atomic E-state index is 0.0849. The van der Waals surface area contributed by atoms with Crippen molar-refractivity contribution in [3.63, 3.8) is 0 Å². The van der Waals surface area contributed by atoms with Gasteiger partial charge in [0.2, 0.25) is 5.13 Å². The molecule has 1 fully saturated rings. The van der Waals surface area contributed by atoms with Gasteiger partial charge in [0.1, 0.15) is 10.8 Å². The van der Waals surface area contributed by atoms with Gasteiger partial charge in [0.25, 0.3) is 6.43 Å². The SMILES string of the molecule is CCC1CN(c2nnc(Cc3ccccc3F)s2)CCN1CC(F)F. The van der Waals surface area contributed by atoms with Crippen LogP contribution in [0, 0.1) is 5.82 Å². The molecule has 136 valence electrons. The molecule has 1 saturated heterocycles. The van der Waals surface area contributed by atoms with Crippen LogP contribution in [0.15, 0.2) is 24.3 Å². The highest BCUT2D eigenvalue weighted by Crippen LogP contribution is 2.26. The van der Waals surface area contributed by atoms with Crippen molar-refractivity contribution < 1.29 is 13.2 Å². The summed E-state index contributed by atoms with van der Waals surface area (Å²) in [5, 5.41) is 9.93. The molecule has 4 nitrogen and oxygen atoms in total. The van der Waals surface area contributed by atoms with Gasteiger partial charge >= 0.3 is 0 Å². The Hall–Kier alpha value is -1.67. The van der Waals surface area contributed by atoms with Crippen LogP contribution in [0.1, 0.15) is 23.9 Å². The summed E-state index contributed by atoms with van der Waals surface area (Å²) >= 11 is 1.44. The number of rotatable bonds is 6. The number of nitrogens with zero attached hydrogens (tertiary/aromatic N) is 4. The molecule has 1 aliphatic rings. The van der Waals surface area contributed by atoms with E-state index in [1.165, 1.54) is 17.4 Å². The van der Waals surface area contributed by atoms with Crippen molar-refractivity contribution in [2.45, 2.75) is 32.2 Å². The molecule has 1 aromatic carbocycles. The maximum absolute atomic E-state index is 13.8. The lowest BCUT2D eigenvalue weighted by Gasteiger charge is -2.40. The fourth-order valence-corrected chi connectivity index (χ4v) is 4.02. The van der Waals surface area contributed by atoms with Crippen LogP contribution in [-0.4, -0.2) is 53.7 Å². The molecule has 1 atom stereocenters. The Morgan fingerprint density at radius 1 is 1.24 bits per heavy atom. The molecule has 0 amide bonds. The van der Waals surface area contributed by atoms with E-state index in [0.717, 1.165) is 16.6 Å². The van der Waals surface area contributed by atoms with E-state index in [1.54, 1.807) is 18.2 Å². The second-order valence-corrected chi connectivity index (χ2v) is 7.18. The quantitative estimate of drug-likeness (QED) is 0.780. The number of hydrogen-bond acceptors (Lipinski definition) is 5. The molecule has 25 heavy (non-hydrogen) atoms. The summed E-state index contributed by atoms with van der Waals surface area (Å²) in [6, 6.07) is 6.72. The fourth-order valence-electron chi connectivity index (χ4n) is 3.12. The lowest BCUT2D eigenvalue weighted by molar-refractivity contribution is 0.0587. The van der Waals surface area contributed by atoms with Crippen molar-refractivity contribution in [3.8, 4) is 0 Å². The Labute approximate surface area is 149 Å². The van der Waals surface area contributed by atoms with E-state index in [-0.39, 0.29) is 18.4 Å². The molecule has 0 saturated carbocycles. The van der Waals surface area contributed by atoms with Crippen molar-refractivity contribution in [1.29, 1.82) is 0 Å². The van der Waals surface area contributed by atoms with Crippen molar-refractivity contribution in [3.05, 3.63) is 40.7 Å². The first kappa shape index (κ1) is 18.1. The highest BCUT2D eigenvalue weighted by molar-refractivity contribution is 7.15. The van der Waals surface area contributed by atoms with Crippen molar-refractivity contribution in [1.82, 2.24) is 15.1 Å². The van der Waals surface area contributed by atoms with Crippen LogP contribution in [0.25, 0.3) is 0 Å². The number of hydrogen-bond donors (Lipinski definition) is 0. The summed E-state index contributed by atoms with van der Waals surface area (Å²) < 4.78 is 39.1. The molecule has 8 heteroatoms. The van der Waals surface area contributed by atoms with Gasteiger partial charge in [-0.25, -0.2) is 13.2 Å². The Morgan fingerprint density at radius 2 is 2.04 bits per heavy atom. The van der Waals surface area contributed by atoms with Gasteiger partial charge in [-0.15, -0.1) is 10.2 Å². The molecular formula is C17H21F3N4S. The maximum Gasteiger partial charge on any atom is 0.251 e. The summed E-state index contributed by atoms with van der Waals surface area (Å²) in [5.74, 6) is -0.245.